The summed E-state index contributed by atoms with van der Waals surface area (Å²) in [7, 11) is 1.63. The van der Waals surface area contributed by atoms with E-state index in [1.807, 2.05) is 6.92 Å². The predicted molar refractivity (Wildman–Crippen MR) is 166 cm³/mol. The lowest BCUT2D eigenvalue weighted by Crippen LogP contribution is -2.40. The highest BCUT2D eigenvalue weighted by Crippen LogP contribution is 2.31. The minimum Gasteiger partial charge on any atom is -0.379 e. The van der Waals surface area contributed by atoms with Crippen molar-refractivity contribution in [3.63, 3.8) is 0 Å². The number of ether oxygens (including phenoxy) is 4. The molecule has 2 saturated heterocycles. The molecule has 0 spiro atoms. The van der Waals surface area contributed by atoms with Crippen molar-refractivity contribution >= 4 is 35.5 Å². The van der Waals surface area contributed by atoms with Gasteiger partial charge >= 0.3 is 6.03 Å². The van der Waals surface area contributed by atoms with Gasteiger partial charge in [0.05, 0.1) is 38.5 Å². The molecule has 0 aliphatic carbocycles. The zero-order chi connectivity index (χ0) is 31.6. The number of nitrogens with one attached hydrogen (secondary N) is 4. The average Bonchev–Trinajstić information content (AvgIpc) is 3.55. The monoisotopic (exact) mass is 639 g/mol. The van der Waals surface area contributed by atoms with Crippen LogP contribution in [0.4, 0.5) is 4.79 Å². The Hall–Kier alpha value is -2.57. The number of hydrogen-bond donors (Lipinski definition) is 4. The molecule has 0 radical (unpaired) electrons. The first kappa shape index (κ1) is 35.9. The molecule has 4 N–H and O–H groups in total. The van der Waals surface area contributed by atoms with Crippen molar-refractivity contribution in [1.29, 1.82) is 0 Å². The van der Waals surface area contributed by atoms with Gasteiger partial charge in [0.15, 0.2) is 0 Å². The molecule has 3 aliphatic rings. The first-order valence-corrected chi connectivity index (χ1v) is 16.7. The highest BCUT2D eigenvalue weighted by molar-refractivity contribution is 8.00. The second-order valence-electron chi connectivity index (χ2n) is 11.1. The molecule has 5 amide bonds. The summed E-state index contributed by atoms with van der Waals surface area (Å²) in [5.74, 6) is 6.92. The molecule has 3 aliphatic heterocycles. The molecule has 3 heterocycles. The Morgan fingerprint density at radius 1 is 0.955 bits per heavy atom. The second-order valence-corrected chi connectivity index (χ2v) is 12.4. The van der Waals surface area contributed by atoms with Crippen molar-refractivity contribution in [2.45, 2.75) is 68.9 Å². The summed E-state index contributed by atoms with van der Waals surface area (Å²) < 4.78 is 22.0. The van der Waals surface area contributed by atoms with Gasteiger partial charge in [-0.3, -0.25) is 14.4 Å². The molecule has 2 unspecified atom stereocenters. The fraction of sp³-hybridized carbons (Fsp3) is 0.800. The topological polar surface area (TPSA) is 157 Å². The van der Waals surface area contributed by atoms with Crippen LogP contribution in [0, 0.1) is 17.8 Å². The lowest BCUT2D eigenvalue weighted by molar-refractivity contribution is -0.134. The molecule has 44 heavy (non-hydrogen) atoms. The molecule has 0 aromatic carbocycles. The zero-order valence-electron chi connectivity index (χ0n) is 26.0. The molecule has 14 heteroatoms. The van der Waals surface area contributed by atoms with Gasteiger partial charge in [0.25, 0.3) is 0 Å². The van der Waals surface area contributed by atoms with Crippen LogP contribution in [0.3, 0.4) is 0 Å². The predicted octanol–water partition coefficient (Wildman–Crippen LogP) is 0.271. The van der Waals surface area contributed by atoms with Crippen molar-refractivity contribution < 1.29 is 38.1 Å². The standard InChI is InChI=1S/C30H49N5O8S/c1-22-20-35(12-4-3-7-24(22)40-2)28(38)9-8-26(36)31-10-5-13-41-15-17-43-18-16-42-14-6-11-32-27(37)19-25-29-23(21-44-25)33-30(39)34-29/h22-25,29H,4-6,8-21H2,1-2H3,(H,31,36)(H,32,37)(H2,33,34,39)/t22-,23?,24-,25-,29?/m0/s1. The van der Waals surface area contributed by atoms with Gasteiger partial charge in [-0.1, -0.05) is 18.8 Å². The molecule has 0 bridgehead atoms. The van der Waals surface area contributed by atoms with Crippen LogP contribution in [0.25, 0.3) is 0 Å². The van der Waals surface area contributed by atoms with E-state index in [1.165, 1.54) is 0 Å². The highest BCUT2D eigenvalue weighted by atomic mass is 32.2. The van der Waals surface area contributed by atoms with Crippen molar-refractivity contribution in [3.8, 4) is 11.8 Å². The molecule has 248 valence electrons. The zero-order valence-corrected chi connectivity index (χ0v) is 26.8. The van der Waals surface area contributed by atoms with Gasteiger partial charge in [0.1, 0.15) is 6.10 Å². The lowest BCUT2D eigenvalue weighted by Gasteiger charge is -2.29. The van der Waals surface area contributed by atoms with Gasteiger partial charge in [-0.25, -0.2) is 4.79 Å². The number of urea groups is 1. The number of thioether (sulfide) groups is 1. The number of carbonyl (C=O) groups excluding carboxylic acids is 4. The molecule has 13 nitrogen and oxygen atoms in total. The van der Waals surface area contributed by atoms with Gasteiger partial charge < -0.3 is 45.1 Å². The molecule has 5 atom stereocenters. The third kappa shape index (κ3) is 13.2. The molecule has 0 aromatic rings. The van der Waals surface area contributed by atoms with E-state index in [0.29, 0.717) is 91.5 Å². The van der Waals surface area contributed by atoms with Crippen LogP contribution >= 0.6 is 11.8 Å². The lowest BCUT2D eigenvalue weighted by atomic mass is 10.0. The van der Waals surface area contributed by atoms with E-state index in [0.717, 1.165) is 5.75 Å². The molecule has 3 rings (SSSR count). The smallest absolute Gasteiger partial charge is 0.315 e. The Morgan fingerprint density at radius 3 is 2.30 bits per heavy atom. The second kappa shape index (κ2) is 20.5. The van der Waals surface area contributed by atoms with Crippen LogP contribution in [0.1, 0.15) is 45.4 Å². The van der Waals surface area contributed by atoms with Gasteiger partial charge in [-0.15, -0.1) is 0 Å². The largest absolute Gasteiger partial charge is 0.379 e. The van der Waals surface area contributed by atoms with Crippen LogP contribution in [-0.4, -0.2) is 131 Å². The number of nitrogens with zero attached hydrogens (tertiary/aromatic N) is 1. The van der Waals surface area contributed by atoms with E-state index in [-0.39, 0.29) is 65.9 Å². The van der Waals surface area contributed by atoms with Crippen LogP contribution in [-0.2, 0) is 33.3 Å². The SMILES string of the molecule is CO[C@H]1C#CCCN(C(=O)CCC(=O)NCCCOCCOCCOCCCNC(=O)C[C@@H]2SCC3NC(=O)NC32)C[C@@H]1C. The summed E-state index contributed by atoms with van der Waals surface area (Å²) in [4.78, 5) is 50.2. The molecular formula is C30H49N5O8S. The van der Waals surface area contributed by atoms with Crippen LogP contribution in [0.15, 0.2) is 0 Å². The summed E-state index contributed by atoms with van der Waals surface area (Å²) >= 11 is 1.72. The van der Waals surface area contributed by atoms with Gasteiger partial charge in [0.2, 0.25) is 17.7 Å². The fourth-order valence-corrected chi connectivity index (χ4v) is 6.67. The Morgan fingerprint density at radius 2 is 1.61 bits per heavy atom. The maximum absolute atomic E-state index is 12.6. The summed E-state index contributed by atoms with van der Waals surface area (Å²) in [6.07, 6.45) is 2.55. The third-order valence-electron chi connectivity index (χ3n) is 7.59. The van der Waals surface area contributed by atoms with Gasteiger partial charge in [0, 0.05) is 89.1 Å². The third-order valence-corrected chi connectivity index (χ3v) is 9.03. The number of methoxy groups -OCH3 is 1. The van der Waals surface area contributed by atoms with Crippen LogP contribution in [0.5, 0.6) is 0 Å². The summed E-state index contributed by atoms with van der Waals surface area (Å²) in [5, 5.41) is 11.6. The van der Waals surface area contributed by atoms with Gasteiger partial charge in [-0.2, -0.15) is 11.8 Å². The number of hydrogen-bond acceptors (Lipinski definition) is 9. The average molecular weight is 640 g/mol. The first-order valence-electron chi connectivity index (χ1n) is 15.6. The van der Waals surface area contributed by atoms with Crippen LogP contribution in [0.2, 0.25) is 0 Å². The highest BCUT2D eigenvalue weighted by Gasteiger charge is 2.43. The van der Waals surface area contributed by atoms with Crippen LogP contribution < -0.4 is 21.3 Å². The number of rotatable bonds is 20. The summed E-state index contributed by atoms with van der Waals surface area (Å²) in [6.45, 7) is 7.08. The normalized spacial score (nSPS) is 24.3. The fourth-order valence-electron chi connectivity index (χ4n) is 5.19. The maximum atomic E-state index is 12.6. The number of amides is 5. The Bertz CT molecular complexity index is 992. The minimum atomic E-state index is -0.181. The van der Waals surface area contributed by atoms with Crippen molar-refractivity contribution in [2.75, 3.05) is 78.7 Å². The molecule has 0 saturated carbocycles. The summed E-state index contributed by atoms with van der Waals surface area (Å²) in [5.41, 5.74) is 0. The van der Waals surface area contributed by atoms with E-state index in [9.17, 15) is 19.2 Å². The first-order chi connectivity index (χ1) is 21.4. The molecule has 2 fully saturated rings. The van der Waals surface area contributed by atoms with Crippen molar-refractivity contribution in [3.05, 3.63) is 0 Å². The van der Waals surface area contributed by atoms with E-state index in [1.54, 1.807) is 23.8 Å². The van der Waals surface area contributed by atoms with E-state index >= 15 is 0 Å². The minimum absolute atomic E-state index is 0.00643. The Kier molecular flexibility index (Phi) is 16.7. The molecule has 0 aromatic heterocycles. The maximum Gasteiger partial charge on any atom is 0.315 e. The van der Waals surface area contributed by atoms with E-state index < -0.39 is 0 Å². The number of carbonyl (C=O) groups is 4. The van der Waals surface area contributed by atoms with Crippen molar-refractivity contribution in [1.82, 2.24) is 26.2 Å². The number of fused-ring (bicyclic) bond motifs is 1. The van der Waals surface area contributed by atoms with Gasteiger partial charge in [-0.05, 0) is 12.8 Å². The van der Waals surface area contributed by atoms with E-state index in [2.05, 4.69) is 33.1 Å². The quantitative estimate of drug-likeness (QED) is 0.0835. The van der Waals surface area contributed by atoms with E-state index in [4.69, 9.17) is 18.9 Å². The molecular weight excluding hydrogens is 590 g/mol. The Labute approximate surface area is 264 Å². The van der Waals surface area contributed by atoms with Crippen molar-refractivity contribution in [2.24, 2.45) is 5.92 Å². The summed E-state index contributed by atoms with van der Waals surface area (Å²) in [6, 6.07) is 0.000220. The Balaban J connectivity index is 1.05.